The number of anilines is 2. The summed E-state index contributed by atoms with van der Waals surface area (Å²) in [5, 5.41) is 6.28. The first kappa shape index (κ1) is 22.0. The zero-order chi connectivity index (χ0) is 21.8. The van der Waals surface area contributed by atoms with E-state index in [-0.39, 0.29) is 24.8 Å². The highest BCUT2D eigenvalue weighted by atomic mass is 32.1. The molecule has 0 unspecified atom stereocenters. The van der Waals surface area contributed by atoms with Crippen LogP contribution in [-0.2, 0) is 9.59 Å². The van der Waals surface area contributed by atoms with Crippen LogP contribution in [0.2, 0.25) is 0 Å². The molecule has 4 N–H and O–H groups in total. The van der Waals surface area contributed by atoms with Gasteiger partial charge in [-0.15, -0.1) is 11.3 Å². The normalized spacial score (nSPS) is 13.3. The minimum absolute atomic E-state index is 0.0791. The monoisotopic (exact) mass is 428 g/mol. The van der Waals surface area contributed by atoms with Crippen molar-refractivity contribution in [3.05, 3.63) is 45.8 Å². The molecular weight excluding hydrogens is 400 g/mol. The molecule has 1 fully saturated rings. The number of hydrogen-bond donors (Lipinski definition) is 3. The summed E-state index contributed by atoms with van der Waals surface area (Å²) in [5.41, 5.74) is 8.61. The highest BCUT2D eigenvalue weighted by Crippen LogP contribution is 2.29. The van der Waals surface area contributed by atoms with Crippen molar-refractivity contribution < 1.29 is 14.4 Å². The number of aryl methyl sites for hydroxylation is 3. The van der Waals surface area contributed by atoms with E-state index < -0.39 is 5.91 Å². The molecule has 0 aliphatic heterocycles. The van der Waals surface area contributed by atoms with Gasteiger partial charge in [0.1, 0.15) is 5.00 Å². The molecule has 1 heterocycles. The zero-order valence-electron chi connectivity index (χ0n) is 17.6. The van der Waals surface area contributed by atoms with Gasteiger partial charge < -0.3 is 16.4 Å². The van der Waals surface area contributed by atoms with Crippen molar-refractivity contribution in [1.29, 1.82) is 0 Å². The van der Waals surface area contributed by atoms with Gasteiger partial charge in [-0.3, -0.25) is 19.3 Å². The lowest BCUT2D eigenvalue weighted by atomic mass is 10.1. The van der Waals surface area contributed by atoms with Crippen molar-refractivity contribution in [3.8, 4) is 0 Å². The van der Waals surface area contributed by atoms with Crippen LogP contribution in [0.1, 0.15) is 45.6 Å². The number of nitrogens with one attached hydrogen (secondary N) is 2. The van der Waals surface area contributed by atoms with Gasteiger partial charge in [0.25, 0.3) is 5.91 Å². The third-order valence-corrected chi connectivity index (χ3v) is 6.12. The number of nitrogens with zero attached hydrogens (tertiary/aromatic N) is 1. The number of amides is 3. The Balaban J connectivity index is 1.55. The van der Waals surface area contributed by atoms with E-state index in [1.54, 1.807) is 6.07 Å². The van der Waals surface area contributed by atoms with E-state index in [1.807, 2.05) is 39.0 Å². The number of carbonyl (C=O) groups is 3. The molecule has 0 spiro atoms. The van der Waals surface area contributed by atoms with E-state index in [4.69, 9.17) is 5.73 Å². The van der Waals surface area contributed by atoms with Crippen molar-refractivity contribution in [2.75, 3.05) is 23.7 Å². The van der Waals surface area contributed by atoms with Gasteiger partial charge in [0.15, 0.2) is 0 Å². The summed E-state index contributed by atoms with van der Waals surface area (Å²) in [6.07, 6.45) is 2.31. The second-order valence-electron chi connectivity index (χ2n) is 7.78. The number of thiophene rings is 1. The number of carbonyl (C=O) groups excluding carboxylic acids is 3. The van der Waals surface area contributed by atoms with E-state index in [0.29, 0.717) is 23.2 Å². The summed E-state index contributed by atoms with van der Waals surface area (Å²) in [6.45, 7) is 6.52. The topological polar surface area (TPSA) is 105 Å². The zero-order valence-corrected chi connectivity index (χ0v) is 18.4. The van der Waals surface area contributed by atoms with Crippen LogP contribution in [0.15, 0.2) is 24.3 Å². The average molecular weight is 429 g/mol. The summed E-state index contributed by atoms with van der Waals surface area (Å²) in [7, 11) is 0. The number of benzene rings is 1. The molecule has 8 heteroatoms. The van der Waals surface area contributed by atoms with Crippen molar-refractivity contribution >= 4 is 39.7 Å². The molecule has 7 nitrogen and oxygen atoms in total. The minimum Gasteiger partial charge on any atom is -0.366 e. The van der Waals surface area contributed by atoms with Gasteiger partial charge in [0, 0.05) is 29.6 Å². The molecule has 2 aromatic rings. The highest BCUT2D eigenvalue weighted by Gasteiger charge is 2.30. The van der Waals surface area contributed by atoms with Crippen molar-refractivity contribution in [3.63, 3.8) is 0 Å². The number of para-hydroxylation sites is 1. The summed E-state index contributed by atoms with van der Waals surface area (Å²) in [6, 6.07) is 7.92. The maximum Gasteiger partial charge on any atom is 0.251 e. The molecule has 30 heavy (non-hydrogen) atoms. The largest absolute Gasteiger partial charge is 0.366 e. The van der Waals surface area contributed by atoms with E-state index >= 15 is 0 Å². The van der Waals surface area contributed by atoms with Crippen LogP contribution in [-0.4, -0.2) is 41.8 Å². The first-order chi connectivity index (χ1) is 14.2. The molecule has 0 bridgehead atoms. The quantitative estimate of drug-likeness (QED) is 0.570. The van der Waals surface area contributed by atoms with Crippen LogP contribution < -0.4 is 16.4 Å². The molecule has 3 amide bonds. The van der Waals surface area contributed by atoms with Crippen LogP contribution >= 0.6 is 11.3 Å². The molecule has 0 atom stereocenters. The maximum atomic E-state index is 12.6. The van der Waals surface area contributed by atoms with E-state index in [9.17, 15) is 14.4 Å². The van der Waals surface area contributed by atoms with Crippen LogP contribution in [0, 0.1) is 20.8 Å². The number of primary amides is 1. The molecule has 1 aliphatic rings. The third kappa shape index (κ3) is 5.67. The fraction of sp³-hybridized carbons (Fsp3) is 0.409. The molecular formula is C22H28N4O3S. The SMILES string of the molecule is Cc1cc(C(N)=O)c(NC(=O)CCN(CC(=O)Nc2c(C)cccc2C)C2CC2)s1. The van der Waals surface area contributed by atoms with Gasteiger partial charge in [-0.2, -0.15) is 0 Å². The van der Waals surface area contributed by atoms with Gasteiger partial charge in [-0.1, -0.05) is 18.2 Å². The summed E-state index contributed by atoms with van der Waals surface area (Å²) in [5.74, 6) is -0.831. The molecule has 1 saturated carbocycles. The molecule has 1 aromatic heterocycles. The standard InChI is InChI=1S/C22H28N4O3S/c1-13-5-4-6-14(2)20(13)24-19(28)12-26(16-7-8-16)10-9-18(27)25-22-17(21(23)29)11-15(3)30-22/h4-6,11,16H,7-10,12H2,1-3H3,(H2,23,29)(H,24,28)(H,25,27). The lowest BCUT2D eigenvalue weighted by Gasteiger charge is -2.22. The molecule has 3 rings (SSSR count). The third-order valence-electron chi connectivity index (χ3n) is 5.16. The summed E-state index contributed by atoms with van der Waals surface area (Å²) >= 11 is 1.33. The Labute approximate surface area is 180 Å². The van der Waals surface area contributed by atoms with Crippen LogP contribution in [0.4, 0.5) is 10.7 Å². The van der Waals surface area contributed by atoms with Crippen molar-refractivity contribution in [2.24, 2.45) is 5.73 Å². The van der Waals surface area contributed by atoms with E-state index in [1.165, 1.54) is 11.3 Å². The fourth-order valence-electron chi connectivity index (χ4n) is 3.43. The van der Waals surface area contributed by atoms with Gasteiger partial charge >= 0.3 is 0 Å². The lowest BCUT2D eigenvalue weighted by Crippen LogP contribution is -2.37. The van der Waals surface area contributed by atoms with Gasteiger partial charge in [-0.25, -0.2) is 0 Å². The van der Waals surface area contributed by atoms with Crippen LogP contribution in [0.25, 0.3) is 0 Å². The Morgan fingerprint density at radius 2 is 1.77 bits per heavy atom. The predicted octanol–water partition coefficient (Wildman–Crippen LogP) is 3.20. The van der Waals surface area contributed by atoms with Crippen molar-refractivity contribution in [1.82, 2.24) is 4.90 Å². The minimum atomic E-state index is -0.558. The Kier molecular flexibility index (Phi) is 6.89. The first-order valence-corrected chi connectivity index (χ1v) is 10.9. The smallest absolute Gasteiger partial charge is 0.251 e. The summed E-state index contributed by atoms with van der Waals surface area (Å²) in [4.78, 5) is 39.5. The second-order valence-corrected chi connectivity index (χ2v) is 9.04. The van der Waals surface area contributed by atoms with Crippen LogP contribution in [0.5, 0.6) is 0 Å². The molecule has 0 radical (unpaired) electrons. The molecule has 1 aliphatic carbocycles. The molecule has 1 aromatic carbocycles. The molecule has 160 valence electrons. The Bertz CT molecular complexity index is 945. The summed E-state index contributed by atoms with van der Waals surface area (Å²) < 4.78 is 0. The highest BCUT2D eigenvalue weighted by molar-refractivity contribution is 7.16. The average Bonchev–Trinajstić information content (AvgIpc) is 3.44. The second kappa shape index (κ2) is 9.40. The van der Waals surface area contributed by atoms with Crippen LogP contribution in [0.3, 0.4) is 0 Å². The van der Waals surface area contributed by atoms with Gasteiger partial charge in [-0.05, 0) is 50.8 Å². The number of rotatable bonds is 9. The Morgan fingerprint density at radius 3 is 2.37 bits per heavy atom. The Morgan fingerprint density at radius 1 is 1.10 bits per heavy atom. The number of hydrogen-bond acceptors (Lipinski definition) is 5. The van der Waals surface area contributed by atoms with Gasteiger partial charge in [0.2, 0.25) is 11.8 Å². The van der Waals surface area contributed by atoms with E-state index in [2.05, 4.69) is 15.5 Å². The lowest BCUT2D eigenvalue weighted by molar-refractivity contribution is -0.119. The van der Waals surface area contributed by atoms with Gasteiger partial charge in [0.05, 0.1) is 12.1 Å². The van der Waals surface area contributed by atoms with E-state index in [0.717, 1.165) is 34.5 Å². The fourth-order valence-corrected chi connectivity index (χ4v) is 4.36. The predicted molar refractivity (Wildman–Crippen MR) is 120 cm³/mol. The molecule has 0 saturated heterocycles. The number of nitrogens with two attached hydrogens (primary N) is 1. The van der Waals surface area contributed by atoms with Crippen molar-refractivity contribution in [2.45, 2.75) is 46.1 Å². The Hall–Kier alpha value is -2.71. The first-order valence-electron chi connectivity index (χ1n) is 10.0. The maximum absolute atomic E-state index is 12.6.